The van der Waals surface area contributed by atoms with E-state index in [1.165, 1.54) is 0 Å². The van der Waals surface area contributed by atoms with E-state index in [2.05, 4.69) is 20.6 Å². The predicted molar refractivity (Wildman–Crippen MR) is 62.4 cm³/mol. The molecule has 0 amide bonds. The van der Waals surface area contributed by atoms with Gasteiger partial charge in [0.2, 0.25) is 0 Å². The molecule has 2 rings (SSSR count). The van der Waals surface area contributed by atoms with Crippen molar-refractivity contribution in [3.05, 3.63) is 36.0 Å². The lowest BCUT2D eigenvalue weighted by molar-refractivity contribution is 0.490. The summed E-state index contributed by atoms with van der Waals surface area (Å²) in [5.41, 5.74) is 0. The summed E-state index contributed by atoms with van der Waals surface area (Å²) in [5, 5.41) is 6.07. The second-order valence-corrected chi connectivity index (χ2v) is 3.41. The Morgan fingerprint density at radius 3 is 2.75 bits per heavy atom. The van der Waals surface area contributed by atoms with Crippen molar-refractivity contribution in [3.8, 4) is 0 Å². The maximum Gasteiger partial charge on any atom is 0.147 e. The van der Waals surface area contributed by atoms with Crippen LogP contribution in [-0.2, 0) is 6.54 Å². The van der Waals surface area contributed by atoms with E-state index >= 15 is 0 Å². The minimum atomic E-state index is 0.607. The van der Waals surface area contributed by atoms with Gasteiger partial charge in [0.25, 0.3) is 0 Å². The average Bonchev–Trinajstić information content (AvgIpc) is 2.73. The molecule has 5 nitrogen and oxygen atoms in total. The number of nitrogens with zero attached hydrogens (tertiary/aromatic N) is 2. The first kappa shape index (κ1) is 10.5. The zero-order valence-electron chi connectivity index (χ0n) is 9.32. The normalized spacial score (nSPS) is 10.1. The largest absolute Gasteiger partial charge is 0.465 e. The Morgan fingerprint density at radius 2 is 2.06 bits per heavy atom. The van der Waals surface area contributed by atoms with Crippen LogP contribution in [0.1, 0.15) is 11.5 Å². The Morgan fingerprint density at radius 1 is 1.25 bits per heavy atom. The quantitative estimate of drug-likeness (QED) is 0.822. The number of rotatable bonds is 4. The van der Waals surface area contributed by atoms with Gasteiger partial charge in [-0.15, -0.1) is 0 Å². The van der Waals surface area contributed by atoms with Crippen LogP contribution in [0.4, 0.5) is 11.6 Å². The van der Waals surface area contributed by atoms with Gasteiger partial charge in [0, 0.05) is 7.05 Å². The van der Waals surface area contributed by atoms with Crippen molar-refractivity contribution in [3.63, 3.8) is 0 Å². The number of furan rings is 1. The van der Waals surface area contributed by atoms with Crippen LogP contribution in [0.25, 0.3) is 0 Å². The van der Waals surface area contributed by atoms with Crippen LogP contribution in [-0.4, -0.2) is 17.0 Å². The van der Waals surface area contributed by atoms with E-state index in [1.54, 1.807) is 12.4 Å². The van der Waals surface area contributed by atoms with Crippen LogP contribution >= 0.6 is 0 Å². The maximum absolute atomic E-state index is 5.44. The number of hydrogen-bond donors (Lipinski definition) is 2. The summed E-state index contributed by atoms with van der Waals surface area (Å²) in [6, 6.07) is 3.88. The molecule has 0 atom stereocenters. The van der Waals surface area contributed by atoms with E-state index in [0.717, 1.165) is 23.2 Å². The molecule has 84 valence electrons. The Labute approximate surface area is 93.9 Å². The first-order valence-corrected chi connectivity index (χ1v) is 5.07. The fourth-order valence-corrected chi connectivity index (χ4v) is 1.33. The number of hydrogen-bond acceptors (Lipinski definition) is 5. The van der Waals surface area contributed by atoms with Crippen molar-refractivity contribution < 1.29 is 4.42 Å². The number of anilines is 2. The van der Waals surface area contributed by atoms with E-state index in [0.29, 0.717) is 6.54 Å². The molecule has 0 aliphatic heterocycles. The summed E-state index contributed by atoms with van der Waals surface area (Å²) >= 11 is 0. The zero-order valence-corrected chi connectivity index (χ0v) is 9.32. The minimum Gasteiger partial charge on any atom is -0.465 e. The minimum absolute atomic E-state index is 0.607. The molecule has 2 aromatic heterocycles. The van der Waals surface area contributed by atoms with Gasteiger partial charge in [0.1, 0.15) is 23.2 Å². The second-order valence-electron chi connectivity index (χ2n) is 3.41. The topological polar surface area (TPSA) is 63.0 Å². The van der Waals surface area contributed by atoms with Gasteiger partial charge in [-0.2, -0.15) is 0 Å². The van der Waals surface area contributed by atoms with E-state index in [1.807, 2.05) is 26.1 Å². The van der Waals surface area contributed by atoms with Gasteiger partial charge in [-0.25, -0.2) is 4.98 Å². The third-order valence-electron chi connectivity index (χ3n) is 2.13. The SMILES string of the molecule is CNc1cncc(NCc2ccc(C)o2)n1. The number of aryl methyl sites for hydroxylation is 1. The molecule has 2 heterocycles. The molecule has 0 spiro atoms. The van der Waals surface area contributed by atoms with Crippen molar-refractivity contribution in [2.75, 3.05) is 17.7 Å². The van der Waals surface area contributed by atoms with Gasteiger partial charge in [0.15, 0.2) is 0 Å². The van der Waals surface area contributed by atoms with Gasteiger partial charge in [-0.3, -0.25) is 4.98 Å². The van der Waals surface area contributed by atoms with Gasteiger partial charge in [-0.1, -0.05) is 0 Å². The highest BCUT2D eigenvalue weighted by Gasteiger charge is 2.00. The maximum atomic E-state index is 5.44. The molecule has 0 unspecified atom stereocenters. The lowest BCUT2D eigenvalue weighted by Gasteiger charge is -2.04. The van der Waals surface area contributed by atoms with Crippen LogP contribution in [0.2, 0.25) is 0 Å². The summed E-state index contributed by atoms with van der Waals surface area (Å²) in [6.45, 7) is 2.53. The predicted octanol–water partition coefficient (Wildman–Crippen LogP) is 2.03. The standard InChI is InChI=1S/C11H14N4O/c1-8-3-4-9(16-8)5-14-11-7-13-6-10(12-2)15-11/h3-4,6-7H,5H2,1-2H3,(H2,12,14,15). The summed E-state index contributed by atoms with van der Waals surface area (Å²) in [6.07, 6.45) is 3.35. The highest BCUT2D eigenvalue weighted by atomic mass is 16.3. The van der Waals surface area contributed by atoms with Crippen LogP contribution in [0.5, 0.6) is 0 Å². The zero-order chi connectivity index (χ0) is 11.4. The molecular formula is C11H14N4O. The monoisotopic (exact) mass is 218 g/mol. The van der Waals surface area contributed by atoms with E-state index in [9.17, 15) is 0 Å². The van der Waals surface area contributed by atoms with Crippen molar-refractivity contribution in [1.82, 2.24) is 9.97 Å². The first-order chi connectivity index (χ1) is 7.78. The lowest BCUT2D eigenvalue weighted by atomic mass is 10.4. The molecule has 0 aromatic carbocycles. The molecule has 0 saturated carbocycles. The molecule has 2 N–H and O–H groups in total. The molecule has 2 aromatic rings. The summed E-state index contributed by atoms with van der Waals surface area (Å²) < 4.78 is 5.44. The molecular weight excluding hydrogens is 204 g/mol. The van der Waals surface area contributed by atoms with Crippen LogP contribution in [0, 0.1) is 6.92 Å². The van der Waals surface area contributed by atoms with Gasteiger partial charge >= 0.3 is 0 Å². The first-order valence-electron chi connectivity index (χ1n) is 5.07. The van der Waals surface area contributed by atoms with Gasteiger partial charge < -0.3 is 15.1 Å². The Balaban J connectivity index is 1.99. The van der Waals surface area contributed by atoms with Crippen molar-refractivity contribution in [1.29, 1.82) is 0 Å². The van der Waals surface area contributed by atoms with Crippen LogP contribution in [0.15, 0.2) is 28.9 Å². The summed E-state index contributed by atoms with van der Waals surface area (Å²) in [7, 11) is 1.81. The molecule has 0 bridgehead atoms. The molecule has 0 saturated heterocycles. The van der Waals surface area contributed by atoms with E-state index < -0.39 is 0 Å². The smallest absolute Gasteiger partial charge is 0.147 e. The molecule has 0 fully saturated rings. The number of aromatic nitrogens is 2. The van der Waals surface area contributed by atoms with E-state index in [-0.39, 0.29) is 0 Å². The summed E-state index contributed by atoms with van der Waals surface area (Å²) in [5.74, 6) is 3.25. The van der Waals surface area contributed by atoms with Crippen LogP contribution in [0.3, 0.4) is 0 Å². The van der Waals surface area contributed by atoms with Crippen molar-refractivity contribution in [2.45, 2.75) is 13.5 Å². The highest BCUT2D eigenvalue weighted by Crippen LogP contribution is 2.10. The summed E-state index contributed by atoms with van der Waals surface area (Å²) in [4.78, 5) is 8.34. The fourth-order valence-electron chi connectivity index (χ4n) is 1.33. The molecule has 16 heavy (non-hydrogen) atoms. The fraction of sp³-hybridized carbons (Fsp3) is 0.273. The highest BCUT2D eigenvalue weighted by molar-refractivity contribution is 5.41. The lowest BCUT2D eigenvalue weighted by Crippen LogP contribution is -2.02. The molecule has 5 heteroatoms. The van der Waals surface area contributed by atoms with Crippen molar-refractivity contribution in [2.24, 2.45) is 0 Å². The average molecular weight is 218 g/mol. The molecule has 0 aliphatic rings. The molecule has 0 aliphatic carbocycles. The third kappa shape index (κ3) is 2.50. The Hall–Kier alpha value is -2.04. The Bertz CT molecular complexity index is 467. The van der Waals surface area contributed by atoms with E-state index in [4.69, 9.17) is 4.42 Å². The van der Waals surface area contributed by atoms with Gasteiger partial charge in [-0.05, 0) is 19.1 Å². The number of nitrogens with one attached hydrogen (secondary N) is 2. The van der Waals surface area contributed by atoms with Crippen LogP contribution < -0.4 is 10.6 Å². The second kappa shape index (κ2) is 4.65. The molecule has 0 radical (unpaired) electrons. The van der Waals surface area contributed by atoms with Gasteiger partial charge in [0.05, 0.1) is 18.9 Å². The van der Waals surface area contributed by atoms with Crippen molar-refractivity contribution >= 4 is 11.6 Å². The third-order valence-corrected chi connectivity index (χ3v) is 2.13. The Kier molecular flexibility index (Phi) is 3.05.